The van der Waals surface area contributed by atoms with Crippen LogP contribution in [-0.2, 0) is 30.5 Å². The molecule has 0 N–H and O–H groups in total. The zero-order chi connectivity index (χ0) is 23.0. The summed E-state index contributed by atoms with van der Waals surface area (Å²) in [5.74, 6) is 0.219. The van der Waals surface area contributed by atoms with Crippen LogP contribution in [0.2, 0.25) is 0 Å². The molecule has 5 aliphatic carbocycles. The molecule has 35 heavy (non-hydrogen) atoms. The minimum atomic E-state index is -0.104. The Labute approximate surface area is 204 Å². The molecule has 1 nitrogen and oxygen atoms in total. The van der Waals surface area contributed by atoms with Gasteiger partial charge in [0.05, 0.1) is 11.8 Å². The van der Waals surface area contributed by atoms with E-state index in [0.717, 1.165) is 25.7 Å². The molecule has 0 heterocycles. The van der Waals surface area contributed by atoms with Crippen LogP contribution in [0, 0.1) is 6.92 Å². The van der Waals surface area contributed by atoms with E-state index >= 15 is 0 Å². The van der Waals surface area contributed by atoms with Gasteiger partial charge in [0, 0.05) is 0 Å². The number of carbonyl (C=O) groups is 1. The molecular formula is C34H24O. The van der Waals surface area contributed by atoms with Gasteiger partial charge in [-0.1, -0.05) is 66.7 Å². The van der Waals surface area contributed by atoms with Gasteiger partial charge in [0.2, 0.25) is 0 Å². The summed E-state index contributed by atoms with van der Waals surface area (Å²) < 4.78 is 0. The van der Waals surface area contributed by atoms with Gasteiger partial charge in [-0.05, 0) is 116 Å². The van der Waals surface area contributed by atoms with Gasteiger partial charge < -0.3 is 0 Å². The SMILES string of the molecule is Cc1cc2c3c4c5c(ccc14)CC1=C(Cc4ccccc41)C5C(=O)C3C1=C(C2)c2ccccc2C1. The Balaban J connectivity index is 1.37. The van der Waals surface area contributed by atoms with E-state index in [1.165, 1.54) is 83.1 Å². The van der Waals surface area contributed by atoms with Gasteiger partial charge in [0.25, 0.3) is 0 Å². The lowest BCUT2D eigenvalue weighted by atomic mass is 9.61. The van der Waals surface area contributed by atoms with Crippen LogP contribution in [0.4, 0.5) is 0 Å². The average Bonchev–Trinajstić information content (AvgIpc) is 3.43. The van der Waals surface area contributed by atoms with Gasteiger partial charge >= 0.3 is 0 Å². The van der Waals surface area contributed by atoms with Crippen molar-refractivity contribution in [2.45, 2.75) is 44.4 Å². The molecule has 166 valence electrons. The molecule has 9 rings (SSSR count). The molecule has 4 aromatic carbocycles. The average molecular weight is 449 g/mol. The summed E-state index contributed by atoms with van der Waals surface area (Å²) in [6.07, 6.45) is 3.75. The molecule has 0 saturated carbocycles. The minimum absolute atomic E-state index is 0.104. The number of rotatable bonds is 0. The molecule has 0 saturated heterocycles. The highest BCUT2D eigenvalue weighted by Crippen LogP contribution is 2.59. The second-order valence-electron chi connectivity index (χ2n) is 11.1. The summed E-state index contributed by atoms with van der Waals surface area (Å²) in [5.41, 5.74) is 17.9. The van der Waals surface area contributed by atoms with Crippen LogP contribution in [0.25, 0.3) is 21.9 Å². The Hall–Kier alpha value is -3.71. The van der Waals surface area contributed by atoms with Gasteiger partial charge in [-0.3, -0.25) is 4.79 Å². The van der Waals surface area contributed by atoms with Crippen LogP contribution in [0.3, 0.4) is 0 Å². The maximum atomic E-state index is 14.8. The van der Waals surface area contributed by atoms with Crippen LogP contribution in [0.15, 0.2) is 77.9 Å². The zero-order valence-corrected chi connectivity index (χ0v) is 19.7. The highest BCUT2D eigenvalue weighted by Gasteiger charge is 2.49. The number of hydrogen-bond acceptors (Lipinski definition) is 1. The van der Waals surface area contributed by atoms with Crippen molar-refractivity contribution in [1.29, 1.82) is 0 Å². The van der Waals surface area contributed by atoms with Crippen molar-refractivity contribution in [3.63, 3.8) is 0 Å². The molecule has 0 radical (unpaired) electrons. The Bertz CT molecular complexity index is 1760. The standard InChI is InChI=1S/C34H24O/c1-17-12-21-16-26-24-9-5-3-7-19(24)14-28(26)33-30(21)31-22(17)11-10-20-15-25-23-8-4-2-6-18(23)13-27(25)32(29(20)31)34(33)35/h2-12,32-33H,13-16H2,1H3. The zero-order valence-electron chi connectivity index (χ0n) is 19.7. The Morgan fingerprint density at radius 1 is 0.629 bits per heavy atom. The molecule has 0 amide bonds. The molecule has 2 unspecified atom stereocenters. The predicted molar refractivity (Wildman–Crippen MR) is 141 cm³/mol. The first kappa shape index (κ1) is 18.6. The number of aryl methyl sites for hydroxylation is 1. The summed E-state index contributed by atoms with van der Waals surface area (Å²) in [5, 5.41) is 2.77. The maximum absolute atomic E-state index is 14.8. The monoisotopic (exact) mass is 448 g/mol. The van der Waals surface area contributed by atoms with E-state index in [2.05, 4.69) is 73.7 Å². The van der Waals surface area contributed by atoms with Gasteiger partial charge in [-0.25, -0.2) is 0 Å². The number of Topliss-reactive ketones (excluding diaryl/α,β-unsaturated/α-hetero) is 1. The van der Waals surface area contributed by atoms with Crippen molar-refractivity contribution in [3.8, 4) is 0 Å². The lowest BCUT2D eigenvalue weighted by Gasteiger charge is -2.40. The van der Waals surface area contributed by atoms with E-state index in [-0.39, 0.29) is 11.8 Å². The van der Waals surface area contributed by atoms with Gasteiger partial charge in [0.15, 0.2) is 5.78 Å². The first-order valence-electron chi connectivity index (χ1n) is 12.9. The quantitative estimate of drug-likeness (QED) is 0.282. The smallest absolute Gasteiger partial charge is 0.155 e. The number of carbonyl (C=O) groups excluding carboxylic acids is 1. The molecule has 1 heteroatoms. The highest BCUT2D eigenvalue weighted by molar-refractivity contribution is 6.13. The summed E-state index contributed by atoms with van der Waals surface area (Å²) in [4.78, 5) is 14.8. The molecular weight excluding hydrogens is 424 g/mol. The van der Waals surface area contributed by atoms with Crippen molar-refractivity contribution < 1.29 is 4.79 Å². The first-order chi connectivity index (χ1) is 17.2. The van der Waals surface area contributed by atoms with Crippen molar-refractivity contribution in [1.82, 2.24) is 0 Å². The number of ketones is 1. The summed E-state index contributed by atoms with van der Waals surface area (Å²) >= 11 is 0. The topological polar surface area (TPSA) is 17.1 Å². The second kappa shape index (κ2) is 6.10. The number of hydrogen-bond donors (Lipinski definition) is 0. The van der Waals surface area contributed by atoms with E-state index < -0.39 is 0 Å². The van der Waals surface area contributed by atoms with Crippen molar-refractivity contribution in [2.24, 2.45) is 0 Å². The second-order valence-corrected chi connectivity index (χ2v) is 11.1. The van der Waals surface area contributed by atoms with Crippen LogP contribution < -0.4 is 0 Å². The lowest BCUT2D eigenvalue weighted by Crippen LogP contribution is -2.34. The van der Waals surface area contributed by atoms with Gasteiger partial charge in [-0.15, -0.1) is 0 Å². The van der Waals surface area contributed by atoms with Crippen LogP contribution in [0.1, 0.15) is 61.9 Å². The molecule has 0 aliphatic heterocycles. The lowest BCUT2D eigenvalue weighted by molar-refractivity contribution is -0.120. The van der Waals surface area contributed by atoms with E-state index in [1.54, 1.807) is 0 Å². The summed E-state index contributed by atoms with van der Waals surface area (Å²) in [6.45, 7) is 2.26. The Morgan fingerprint density at radius 2 is 1.20 bits per heavy atom. The van der Waals surface area contributed by atoms with Gasteiger partial charge in [0.1, 0.15) is 0 Å². The Kier molecular flexibility index (Phi) is 3.24. The molecule has 0 spiro atoms. The predicted octanol–water partition coefficient (Wildman–Crippen LogP) is 7.03. The van der Waals surface area contributed by atoms with Crippen molar-refractivity contribution in [3.05, 3.63) is 128 Å². The minimum Gasteiger partial charge on any atom is -0.298 e. The molecule has 2 atom stereocenters. The van der Waals surface area contributed by atoms with Crippen molar-refractivity contribution >= 4 is 27.7 Å². The molecule has 4 aromatic rings. The first-order valence-corrected chi connectivity index (χ1v) is 12.9. The third-order valence-corrected chi connectivity index (χ3v) is 9.57. The Morgan fingerprint density at radius 3 is 1.86 bits per heavy atom. The summed E-state index contributed by atoms with van der Waals surface area (Å²) in [6, 6.07) is 24.7. The van der Waals surface area contributed by atoms with Gasteiger partial charge in [-0.2, -0.15) is 0 Å². The largest absolute Gasteiger partial charge is 0.298 e. The third kappa shape index (κ3) is 2.11. The number of allylic oxidation sites excluding steroid dienone is 4. The summed E-state index contributed by atoms with van der Waals surface area (Å²) in [7, 11) is 0. The fraction of sp³-hybridized carbons (Fsp3) is 0.206. The molecule has 5 aliphatic rings. The van der Waals surface area contributed by atoms with E-state index in [0.29, 0.717) is 5.78 Å². The molecule has 0 bridgehead atoms. The highest BCUT2D eigenvalue weighted by atomic mass is 16.1. The maximum Gasteiger partial charge on any atom is 0.155 e. The molecule has 0 aromatic heterocycles. The van der Waals surface area contributed by atoms with Crippen LogP contribution >= 0.6 is 0 Å². The van der Waals surface area contributed by atoms with Crippen molar-refractivity contribution in [2.75, 3.05) is 0 Å². The number of fused-ring (bicyclic) bond motifs is 6. The van der Waals surface area contributed by atoms with E-state index in [4.69, 9.17) is 0 Å². The fourth-order valence-corrected chi connectivity index (χ4v) is 8.22. The third-order valence-electron chi connectivity index (χ3n) is 9.57. The number of benzene rings is 4. The fourth-order valence-electron chi connectivity index (χ4n) is 8.22. The normalized spacial score (nSPS) is 22.4. The molecule has 0 fully saturated rings. The van der Waals surface area contributed by atoms with E-state index in [9.17, 15) is 4.79 Å². The van der Waals surface area contributed by atoms with Crippen LogP contribution in [-0.4, -0.2) is 5.78 Å². The van der Waals surface area contributed by atoms with Crippen LogP contribution in [0.5, 0.6) is 0 Å². The van der Waals surface area contributed by atoms with E-state index in [1.807, 2.05) is 0 Å².